The van der Waals surface area contributed by atoms with Gasteiger partial charge in [-0.1, -0.05) is 30.3 Å². The van der Waals surface area contributed by atoms with Crippen LogP contribution in [0.15, 0.2) is 48.7 Å². The molecule has 0 spiro atoms. The Morgan fingerprint density at radius 3 is 2.41 bits per heavy atom. The third-order valence-corrected chi connectivity index (χ3v) is 6.26. The molecule has 1 aromatic carbocycles. The van der Waals surface area contributed by atoms with Gasteiger partial charge < -0.3 is 4.74 Å². The predicted octanol–water partition coefficient (Wildman–Crippen LogP) is 3.68. The minimum absolute atomic E-state index is 0.689. The molecule has 4 nitrogen and oxygen atoms in total. The number of ether oxygens (including phenoxy) is 1. The second kappa shape index (κ2) is 8.96. The van der Waals surface area contributed by atoms with E-state index in [0.29, 0.717) is 6.04 Å². The molecule has 0 unspecified atom stereocenters. The Kier molecular flexibility index (Phi) is 6.17. The van der Waals surface area contributed by atoms with E-state index in [1.165, 1.54) is 37.1 Å². The lowest BCUT2D eigenvalue weighted by atomic mass is 9.89. The molecule has 0 bridgehead atoms. The first-order valence-corrected chi connectivity index (χ1v) is 10.3. The van der Waals surface area contributed by atoms with Crippen LogP contribution in [-0.2, 0) is 11.3 Å². The number of hydrogen-bond acceptors (Lipinski definition) is 4. The highest BCUT2D eigenvalue weighted by Gasteiger charge is 2.28. The van der Waals surface area contributed by atoms with Gasteiger partial charge in [-0.3, -0.25) is 14.8 Å². The van der Waals surface area contributed by atoms with Crippen LogP contribution in [0.2, 0.25) is 0 Å². The maximum Gasteiger partial charge on any atom is 0.0701 e. The largest absolute Gasteiger partial charge is 0.379 e. The Morgan fingerprint density at radius 1 is 1.00 bits per heavy atom. The summed E-state index contributed by atoms with van der Waals surface area (Å²) >= 11 is 0. The lowest BCUT2D eigenvalue weighted by Crippen LogP contribution is -2.48. The molecule has 2 fully saturated rings. The van der Waals surface area contributed by atoms with E-state index < -0.39 is 0 Å². The maximum absolute atomic E-state index is 5.50. The minimum Gasteiger partial charge on any atom is -0.379 e. The molecule has 1 atom stereocenters. The quantitative estimate of drug-likeness (QED) is 0.808. The summed E-state index contributed by atoms with van der Waals surface area (Å²) in [5.41, 5.74) is 3.63. The number of rotatable bonds is 5. The normalized spacial score (nSPS) is 21.2. The Bertz CT molecular complexity index is 689. The first-order valence-electron chi connectivity index (χ1n) is 10.3. The van der Waals surface area contributed by atoms with Gasteiger partial charge in [-0.25, -0.2) is 0 Å². The molecule has 0 N–H and O–H groups in total. The van der Waals surface area contributed by atoms with E-state index in [1.54, 1.807) is 0 Å². The Hall–Kier alpha value is -1.75. The lowest BCUT2D eigenvalue weighted by molar-refractivity contribution is -0.00192. The van der Waals surface area contributed by atoms with Gasteiger partial charge in [0, 0.05) is 37.4 Å². The van der Waals surface area contributed by atoms with Crippen molar-refractivity contribution in [2.75, 3.05) is 39.4 Å². The number of pyridine rings is 1. The van der Waals surface area contributed by atoms with Crippen LogP contribution in [0.1, 0.15) is 25.3 Å². The van der Waals surface area contributed by atoms with Crippen molar-refractivity contribution in [3.05, 3.63) is 54.2 Å². The smallest absolute Gasteiger partial charge is 0.0701 e. The van der Waals surface area contributed by atoms with Gasteiger partial charge in [-0.15, -0.1) is 0 Å². The molecule has 1 aromatic heterocycles. The van der Waals surface area contributed by atoms with Crippen molar-refractivity contribution >= 4 is 0 Å². The molecule has 0 aliphatic carbocycles. The number of nitrogens with zero attached hydrogens (tertiary/aromatic N) is 3. The van der Waals surface area contributed by atoms with Crippen molar-refractivity contribution in [1.82, 2.24) is 14.8 Å². The van der Waals surface area contributed by atoms with Crippen LogP contribution in [0.4, 0.5) is 0 Å². The van der Waals surface area contributed by atoms with Gasteiger partial charge in [-0.05, 0) is 56.5 Å². The van der Waals surface area contributed by atoms with Crippen LogP contribution < -0.4 is 0 Å². The first-order chi connectivity index (χ1) is 13.3. The van der Waals surface area contributed by atoms with E-state index in [9.17, 15) is 0 Å². The van der Waals surface area contributed by atoms with Crippen LogP contribution in [-0.4, -0.2) is 60.2 Å². The maximum atomic E-state index is 5.50. The zero-order chi connectivity index (χ0) is 18.5. The van der Waals surface area contributed by atoms with Crippen molar-refractivity contribution in [1.29, 1.82) is 0 Å². The van der Waals surface area contributed by atoms with Gasteiger partial charge >= 0.3 is 0 Å². The highest BCUT2D eigenvalue weighted by atomic mass is 16.5. The summed E-state index contributed by atoms with van der Waals surface area (Å²) in [5.74, 6) is 0.825. The molecular weight excluding hydrogens is 334 g/mol. The molecule has 2 aliphatic rings. The van der Waals surface area contributed by atoms with Crippen molar-refractivity contribution in [3.8, 4) is 11.3 Å². The fourth-order valence-corrected chi connectivity index (χ4v) is 4.45. The summed E-state index contributed by atoms with van der Waals surface area (Å²) in [4.78, 5) is 9.67. The molecule has 0 radical (unpaired) electrons. The van der Waals surface area contributed by atoms with E-state index in [4.69, 9.17) is 4.74 Å². The van der Waals surface area contributed by atoms with Crippen molar-refractivity contribution in [3.63, 3.8) is 0 Å². The SMILES string of the molecule is C[C@H](C1CCN(Cc2ccc(-c3ccccn3)cc2)CC1)N1CCOCC1. The summed E-state index contributed by atoms with van der Waals surface area (Å²) in [6.07, 6.45) is 4.47. The monoisotopic (exact) mass is 365 g/mol. The van der Waals surface area contributed by atoms with Crippen molar-refractivity contribution < 1.29 is 4.74 Å². The third-order valence-electron chi connectivity index (χ3n) is 6.26. The number of piperidine rings is 1. The molecule has 27 heavy (non-hydrogen) atoms. The topological polar surface area (TPSA) is 28.6 Å². The molecule has 0 saturated carbocycles. The van der Waals surface area contributed by atoms with Gasteiger partial charge in [0.25, 0.3) is 0 Å². The van der Waals surface area contributed by atoms with Gasteiger partial charge in [0.2, 0.25) is 0 Å². The fraction of sp³-hybridized carbons (Fsp3) is 0.522. The summed E-state index contributed by atoms with van der Waals surface area (Å²) in [6, 6.07) is 15.7. The van der Waals surface area contributed by atoms with Gasteiger partial charge in [0.05, 0.1) is 18.9 Å². The van der Waals surface area contributed by atoms with E-state index in [1.807, 2.05) is 18.3 Å². The molecule has 2 aliphatic heterocycles. The number of hydrogen-bond donors (Lipinski definition) is 0. The molecule has 4 rings (SSSR count). The van der Waals surface area contributed by atoms with Crippen LogP contribution in [0.3, 0.4) is 0 Å². The Balaban J connectivity index is 1.28. The number of aromatic nitrogens is 1. The highest BCUT2D eigenvalue weighted by Crippen LogP contribution is 2.26. The van der Waals surface area contributed by atoms with Gasteiger partial charge in [-0.2, -0.15) is 0 Å². The zero-order valence-electron chi connectivity index (χ0n) is 16.4. The molecule has 2 saturated heterocycles. The van der Waals surface area contributed by atoms with Gasteiger partial charge in [0.1, 0.15) is 0 Å². The second-order valence-corrected chi connectivity index (χ2v) is 7.91. The van der Waals surface area contributed by atoms with Crippen LogP contribution >= 0.6 is 0 Å². The highest BCUT2D eigenvalue weighted by molar-refractivity contribution is 5.58. The summed E-state index contributed by atoms with van der Waals surface area (Å²) in [6.45, 7) is 9.90. The molecule has 0 amide bonds. The van der Waals surface area contributed by atoms with E-state index in [0.717, 1.165) is 44.5 Å². The Labute approximate surface area is 163 Å². The number of morpholine rings is 1. The van der Waals surface area contributed by atoms with E-state index in [2.05, 4.69) is 52.0 Å². The molecule has 144 valence electrons. The zero-order valence-corrected chi connectivity index (χ0v) is 16.4. The third kappa shape index (κ3) is 4.75. The summed E-state index contributed by atoms with van der Waals surface area (Å²) in [5, 5.41) is 0. The fourth-order valence-electron chi connectivity index (χ4n) is 4.45. The molecule has 4 heteroatoms. The molecule has 2 aromatic rings. The Morgan fingerprint density at radius 2 is 1.74 bits per heavy atom. The first kappa shape index (κ1) is 18.6. The molecular formula is C23H31N3O. The summed E-state index contributed by atoms with van der Waals surface area (Å²) < 4.78 is 5.50. The minimum atomic E-state index is 0.689. The predicted molar refractivity (Wildman–Crippen MR) is 110 cm³/mol. The number of likely N-dealkylation sites (tertiary alicyclic amines) is 1. The average Bonchev–Trinajstić information content (AvgIpc) is 2.76. The van der Waals surface area contributed by atoms with Crippen LogP contribution in [0, 0.1) is 5.92 Å². The average molecular weight is 366 g/mol. The van der Waals surface area contributed by atoms with Crippen LogP contribution in [0.5, 0.6) is 0 Å². The van der Waals surface area contributed by atoms with Crippen molar-refractivity contribution in [2.24, 2.45) is 5.92 Å². The van der Waals surface area contributed by atoms with E-state index in [-0.39, 0.29) is 0 Å². The standard InChI is InChI=1S/C23H31N3O/c1-19(26-14-16-27-17-15-26)21-9-12-25(13-10-21)18-20-5-7-22(8-6-20)23-4-2-3-11-24-23/h2-8,11,19,21H,9-10,12-18H2,1H3/t19-/m1/s1. The molecule has 3 heterocycles. The number of benzene rings is 1. The lowest BCUT2D eigenvalue weighted by Gasteiger charge is -2.41. The van der Waals surface area contributed by atoms with Gasteiger partial charge in [0.15, 0.2) is 0 Å². The summed E-state index contributed by atoms with van der Waals surface area (Å²) in [7, 11) is 0. The van der Waals surface area contributed by atoms with Crippen LogP contribution in [0.25, 0.3) is 11.3 Å². The van der Waals surface area contributed by atoms with Crippen molar-refractivity contribution in [2.45, 2.75) is 32.4 Å². The van der Waals surface area contributed by atoms with E-state index >= 15 is 0 Å². The second-order valence-electron chi connectivity index (χ2n) is 7.91.